The smallest absolute Gasteiger partial charge is 0.339 e. The number of aryl methyl sites for hydroxylation is 1. The zero-order valence-corrected chi connectivity index (χ0v) is 14.7. The average molecular weight is 345 g/mol. The van der Waals surface area contributed by atoms with E-state index in [1.54, 1.807) is 13.1 Å². The highest BCUT2D eigenvalue weighted by Gasteiger charge is 2.32. The lowest BCUT2D eigenvalue weighted by Crippen LogP contribution is -2.23. The molecule has 0 radical (unpaired) electrons. The number of aromatic nitrogens is 2. The van der Waals surface area contributed by atoms with Crippen molar-refractivity contribution in [2.24, 2.45) is 5.92 Å². The highest BCUT2D eigenvalue weighted by molar-refractivity contribution is 5.95. The van der Waals surface area contributed by atoms with Gasteiger partial charge < -0.3 is 14.8 Å². The summed E-state index contributed by atoms with van der Waals surface area (Å²) in [7, 11) is 0. The minimum Gasteiger partial charge on any atom is -0.478 e. The first-order valence-electron chi connectivity index (χ1n) is 8.53. The van der Waals surface area contributed by atoms with Crippen molar-refractivity contribution in [3.8, 4) is 0 Å². The first-order chi connectivity index (χ1) is 11.9. The van der Waals surface area contributed by atoms with Gasteiger partial charge in [-0.3, -0.25) is 9.48 Å². The van der Waals surface area contributed by atoms with Crippen LogP contribution in [0.4, 0.5) is 0 Å². The Balaban J connectivity index is 1.72. The van der Waals surface area contributed by atoms with Gasteiger partial charge in [-0.05, 0) is 31.7 Å². The maximum absolute atomic E-state index is 12.6. The quantitative estimate of drug-likeness (QED) is 0.804. The van der Waals surface area contributed by atoms with Gasteiger partial charge in [0.25, 0.3) is 5.91 Å². The van der Waals surface area contributed by atoms with Crippen molar-refractivity contribution in [1.29, 1.82) is 0 Å². The van der Waals surface area contributed by atoms with E-state index in [1.807, 2.05) is 4.68 Å². The molecule has 2 aromatic heterocycles. The second kappa shape index (κ2) is 6.74. The molecule has 2 heterocycles. The first kappa shape index (κ1) is 17.3. The van der Waals surface area contributed by atoms with Crippen molar-refractivity contribution in [1.82, 2.24) is 15.1 Å². The van der Waals surface area contributed by atoms with E-state index in [1.165, 1.54) is 6.07 Å². The fourth-order valence-corrected chi connectivity index (χ4v) is 2.95. The maximum atomic E-state index is 12.6. The van der Waals surface area contributed by atoms with Crippen LogP contribution in [0.2, 0.25) is 0 Å². The molecule has 7 heteroatoms. The molecule has 0 aromatic carbocycles. The standard InChI is InChI=1S/C18H23N3O4/c1-10(2)9-21-16(12-4-5-12)15(8-20-21)17(22)19-7-13-6-14(18(23)24)11(3)25-13/h6,8,10,12H,4-5,7,9H2,1-3H3,(H,19,22)(H,23,24). The molecular formula is C18H23N3O4. The maximum Gasteiger partial charge on any atom is 0.339 e. The molecule has 1 fully saturated rings. The first-order valence-corrected chi connectivity index (χ1v) is 8.53. The summed E-state index contributed by atoms with van der Waals surface area (Å²) in [5.41, 5.74) is 1.73. The molecule has 1 amide bonds. The summed E-state index contributed by atoms with van der Waals surface area (Å²) < 4.78 is 7.34. The molecule has 1 aliphatic rings. The average Bonchev–Trinajstić information content (AvgIpc) is 3.18. The number of carboxylic acid groups (broad SMARTS) is 1. The molecule has 0 saturated heterocycles. The van der Waals surface area contributed by atoms with E-state index in [2.05, 4.69) is 24.3 Å². The highest BCUT2D eigenvalue weighted by atomic mass is 16.4. The third kappa shape index (κ3) is 3.75. The Morgan fingerprint density at radius 3 is 2.68 bits per heavy atom. The van der Waals surface area contributed by atoms with E-state index >= 15 is 0 Å². The van der Waals surface area contributed by atoms with Crippen LogP contribution in [0.15, 0.2) is 16.7 Å². The van der Waals surface area contributed by atoms with Gasteiger partial charge in [-0.25, -0.2) is 4.79 Å². The number of carbonyl (C=O) groups excluding carboxylic acids is 1. The molecule has 1 saturated carbocycles. The second-order valence-electron chi connectivity index (χ2n) is 6.96. The molecule has 134 valence electrons. The van der Waals surface area contributed by atoms with E-state index < -0.39 is 5.97 Å². The summed E-state index contributed by atoms with van der Waals surface area (Å²) in [6.45, 7) is 6.77. The van der Waals surface area contributed by atoms with Crippen LogP contribution in [-0.4, -0.2) is 26.8 Å². The Morgan fingerprint density at radius 2 is 2.12 bits per heavy atom. The monoisotopic (exact) mass is 345 g/mol. The fourth-order valence-electron chi connectivity index (χ4n) is 2.95. The molecule has 2 aromatic rings. The molecule has 25 heavy (non-hydrogen) atoms. The Kier molecular flexibility index (Phi) is 4.65. The summed E-state index contributed by atoms with van der Waals surface area (Å²) in [5.74, 6) is 0.374. The van der Waals surface area contributed by atoms with Gasteiger partial charge in [0.15, 0.2) is 0 Å². The molecule has 2 N–H and O–H groups in total. The summed E-state index contributed by atoms with van der Waals surface area (Å²) in [6, 6.07) is 1.45. The Morgan fingerprint density at radius 1 is 1.40 bits per heavy atom. The van der Waals surface area contributed by atoms with E-state index in [9.17, 15) is 9.59 Å². The van der Waals surface area contributed by atoms with Crippen molar-refractivity contribution in [3.05, 3.63) is 40.6 Å². The lowest BCUT2D eigenvalue weighted by atomic mass is 10.1. The number of rotatable bonds is 7. The van der Waals surface area contributed by atoms with Crippen molar-refractivity contribution in [3.63, 3.8) is 0 Å². The van der Waals surface area contributed by atoms with Crippen LogP contribution in [0, 0.1) is 12.8 Å². The van der Waals surface area contributed by atoms with Crippen LogP contribution in [-0.2, 0) is 13.1 Å². The molecule has 0 unspecified atom stereocenters. The van der Waals surface area contributed by atoms with Gasteiger partial charge in [0, 0.05) is 12.5 Å². The molecule has 0 spiro atoms. The third-order valence-corrected chi connectivity index (χ3v) is 4.25. The number of aromatic carboxylic acids is 1. The number of carboxylic acids is 1. The molecule has 0 bridgehead atoms. The molecule has 0 aliphatic heterocycles. The van der Waals surface area contributed by atoms with Crippen LogP contribution in [0.3, 0.4) is 0 Å². The normalized spacial score (nSPS) is 14.1. The number of nitrogens with zero attached hydrogens (tertiary/aromatic N) is 2. The van der Waals surface area contributed by atoms with E-state index in [0.717, 1.165) is 25.1 Å². The predicted octanol–water partition coefficient (Wildman–Crippen LogP) is 2.95. The van der Waals surface area contributed by atoms with Crippen LogP contribution >= 0.6 is 0 Å². The van der Waals surface area contributed by atoms with Crippen molar-refractivity contribution < 1.29 is 19.1 Å². The number of furan rings is 1. The van der Waals surface area contributed by atoms with Gasteiger partial charge in [0.1, 0.15) is 17.1 Å². The Bertz CT molecular complexity index is 799. The molecule has 3 rings (SSSR count). The Labute approximate surface area is 146 Å². The third-order valence-electron chi connectivity index (χ3n) is 4.25. The van der Waals surface area contributed by atoms with Gasteiger partial charge in [-0.1, -0.05) is 13.8 Å². The van der Waals surface area contributed by atoms with E-state index in [4.69, 9.17) is 9.52 Å². The predicted molar refractivity (Wildman–Crippen MR) is 90.6 cm³/mol. The number of amides is 1. The highest BCUT2D eigenvalue weighted by Crippen LogP contribution is 2.41. The lowest BCUT2D eigenvalue weighted by molar-refractivity contribution is 0.0694. The van der Waals surface area contributed by atoms with Crippen molar-refractivity contribution in [2.45, 2.75) is 52.6 Å². The zero-order chi connectivity index (χ0) is 18.1. The van der Waals surface area contributed by atoms with Gasteiger partial charge in [0.05, 0.1) is 24.0 Å². The van der Waals surface area contributed by atoms with Crippen LogP contribution < -0.4 is 5.32 Å². The molecule has 0 atom stereocenters. The summed E-state index contributed by atoms with van der Waals surface area (Å²) in [5, 5.41) is 16.3. The lowest BCUT2D eigenvalue weighted by Gasteiger charge is -2.11. The molecular weight excluding hydrogens is 322 g/mol. The minimum absolute atomic E-state index is 0.118. The number of hydrogen-bond donors (Lipinski definition) is 2. The van der Waals surface area contributed by atoms with E-state index in [-0.39, 0.29) is 18.0 Å². The number of nitrogens with one attached hydrogen (secondary N) is 1. The van der Waals surface area contributed by atoms with Gasteiger partial charge in [0.2, 0.25) is 0 Å². The second-order valence-corrected chi connectivity index (χ2v) is 6.96. The summed E-state index contributed by atoms with van der Waals surface area (Å²) in [6.07, 6.45) is 3.80. The van der Waals surface area contributed by atoms with E-state index in [0.29, 0.717) is 28.9 Å². The van der Waals surface area contributed by atoms with Crippen molar-refractivity contribution in [2.75, 3.05) is 0 Å². The van der Waals surface area contributed by atoms with Crippen LogP contribution in [0.1, 0.15) is 70.5 Å². The van der Waals surface area contributed by atoms with Crippen LogP contribution in [0.5, 0.6) is 0 Å². The van der Waals surface area contributed by atoms with Crippen molar-refractivity contribution >= 4 is 11.9 Å². The number of carbonyl (C=O) groups is 2. The van der Waals surface area contributed by atoms with Gasteiger partial charge in [-0.15, -0.1) is 0 Å². The van der Waals surface area contributed by atoms with Gasteiger partial charge in [-0.2, -0.15) is 5.10 Å². The van der Waals surface area contributed by atoms with Crippen LogP contribution in [0.25, 0.3) is 0 Å². The fraction of sp³-hybridized carbons (Fsp3) is 0.500. The largest absolute Gasteiger partial charge is 0.478 e. The molecule has 7 nitrogen and oxygen atoms in total. The summed E-state index contributed by atoms with van der Waals surface area (Å²) in [4.78, 5) is 23.6. The molecule has 1 aliphatic carbocycles. The van der Waals surface area contributed by atoms with Gasteiger partial charge >= 0.3 is 5.97 Å². The SMILES string of the molecule is Cc1oc(CNC(=O)c2cnn(CC(C)C)c2C2CC2)cc1C(=O)O. The number of hydrogen-bond acceptors (Lipinski definition) is 4. The summed E-state index contributed by atoms with van der Waals surface area (Å²) >= 11 is 0. The zero-order valence-electron chi connectivity index (χ0n) is 14.7. The Hall–Kier alpha value is -2.57. The topological polar surface area (TPSA) is 97.4 Å². The minimum atomic E-state index is -1.04.